The fourth-order valence-corrected chi connectivity index (χ4v) is 6.88. The quantitative estimate of drug-likeness (QED) is 0.487. The van der Waals surface area contributed by atoms with Crippen LogP contribution < -0.4 is 0 Å². The van der Waals surface area contributed by atoms with Gasteiger partial charge in [-0.15, -0.1) is 0 Å². The van der Waals surface area contributed by atoms with Crippen molar-refractivity contribution >= 4 is 27.3 Å². The van der Waals surface area contributed by atoms with E-state index in [1.165, 1.54) is 0 Å². The van der Waals surface area contributed by atoms with Gasteiger partial charge in [-0.1, -0.05) is 36.6 Å². The van der Waals surface area contributed by atoms with Crippen LogP contribution in [0.4, 0.5) is 0 Å². The van der Waals surface area contributed by atoms with Crippen molar-refractivity contribution in [3.8, 4) is 0 Å². The minimum atomic E-state index is -3.71. The van der Waals surface area contributed by atoms with Crippen molar-refractivity contribution in [3.63, 3.8) is 0 Å². The Balaban J connectivity index is 1.61. The molecule has 0 bridgehead atoms. The van der Waals surface area contributed by atoms with Crippen LogP contribution in [0.2, 0.25) is 5.02 Å². The molecule has 2 aromatic rings. The zero-order valence-corrected chi connectivity index (χ0v) is 21.5. The molecule has 2 heterocycles. The molecule has 1 atom stereocenters. The summed E-state index contributed by atoms with van der Waals surface area (Å²) in [6.45, 7) is 5.46. The topological polar surface area (TPSA) is 81.5 Å². The Morgan fingerprint density at radius 2 is 2.00 bits per heavy atom. The van der Waals surface area contributed by atoms with Crippen molar-refractivity contribution in [2.75, 3.05) is 13.2 Å². The molecule has 4 rings (SSSR count). The van der Waals surface area contributed by atoms with Crippen molar-refractivity contribution < 1.29 is 17.9 Å². The highest BCUT2D eigenvalue weighted by molar-refractivity contribution is 7.90. The maximum Gasteiger partial charge on any atom is 0.228 e. The number of hydrogen-bond acceptors (Lipinski definition) is 5. The summed E-state index contributed by atoms with van der Waals surface area (Å²) in [4.78, 5) is 19.6. The van der Waals surface area contributed by atoms with Crippen LogP contribution in [0.3, 0.4) is 0 Å². The molecule has 1 amide bonds. The fourth-order valence-electron chi connectivity index (χ4n) is 5.08. The summed E-state index contributed by atoms with van der Waals surface area (Å²) >= 11 is 6.05. The molecular formula is C25H34ClN3O4S. The van der Waals surface area contributed by atoms with E-state index in [2.05, 4.69) is 4.98 Å². The molecule has 186 valence electrons. The van der Waals surface area contributed by atoms with Gasteiger partial charge in [0.1, 0.15) is 0 Å². The second-order valence-electron chi connectivity index (χ2n) is 9.72. The third kappa shape index (κ3) is 5.83. The highest BCUT2D eigenvalue weighted by Gasteiger charge is 2.32. The summed E-state index contributed by atoms with van der Waals surface area (Å²) in [6.07, 6.45) is 7.60. The van der Waals surface area contributed by atoms with Gasteiger partial charge >= 0.3 is 0 Å². The Hall–Kier alpha value is -1.90. The lowest BCUT2D eigenvalue weighted by Crippen LogP contribution is -2.40. The molecule has 2 aliphatic rings. The van der Waals surface area contributed by atoms with Crippen molar-refractivity contribution in [1.82, 2.24) is 14.5 Å². The third-order valence-corrected chi connectivity index (χ3v) is 8.50. The number of amides is 1. The number of carbonyl (C=O) groups excluding carboxylic acids is 1. The number of aromatic nitrogens is 2. The van der Waals surface area contributed by atoms with Gasteiger partial charge in [-0.3, -0.25) is 4.79 Å². The van der Waals surface area contributed by atoms with E-state index >= 15 is 0 Å². The second kappa shape index (κ2) is 10.8. The average Bonchev–Trinajstić information content (AvgIpc) is 3.54. The second-order valence-corrected chi connectivity index (χ2v) is 12.0. The molecule has 2 fully saturated rings. The highest BCUT2D eigenvalue weighted by atomic mass is 35.5. The van der Waals surface area contributed by atoms with Crippen molar-refractivity contribution in [3.05, 3.63) is 46.7 Å². The molecule has 1 unspecified atom stereocenters. The van der Waals surface area contributed by atoms with E-state index in [0.29, 0.717) is 23.7 Å². The van der Waals surface area contributed by atoms with Crippen molar-refractivity contribution in [2.45, 2.75) is 82.0 Å². The average molecular weight is 508 g/mol. The first kappa shape index (κ1) is 25.2. The summed E-state index contributed by atoms with van der Waals surface area (Å²) in [5, 5.41) is 0.527. The lowest BCUT2D eigenvalue weighted by Gasteiger charge is -2.29. The van der Waals surface area contributed by atoms with Gasteiger partial charge < -0.3 is 14.2 Å². The number of ether oxygens (including phenoxy) is 1. The molecule has 1 saturated heterocycles. The third-order valence-electron chi connectivity index (χ3n) is 6.70. The Kier molecular flexibility index (Phi) is 8.00. The first-order valence-corrected chi connectivity index (χ1v) is 14.2. The van der Waals surface area contributed by atoms with E-state index in [-0.39, 0.29) is 34.9 Å². The van der Waals surface area contributed by atoms with Crippen LogP contribution in [0.1, 0.15) is 69.7 Å². The molecule has 1 aromatic heterocycles. The maximum absolute atomic E-state index is 13.4. The van der Waals surface area contributed by atoms with Gasteiger partial charge in [0, 0.05) is 30.1 Å². The van der Waals surface area contributed by atoms with Crippen LogP contribution in [0, 0.1) is 5.92 Å². The molecule has 1 aliphatic carbocycles. The molecule has 34 heavy (non-hydrogen) atoms. The molecule has 1 aliphatic heterocycles. The predicted molar refractivity (Wildman–Crippen MR) is 131 cm³/mol. The SMILES string of the molecule is CC(C)n1c(CN(CC2CCCO2)C(=O)C2CCCC2)cnc1S(=O)(=O)Cc1cccc(Cl)c1. The zero-order chi connectivity index (χ0) is 24.3. The standard InChI is InChI=1S/C25H34ClN3O4S/c1-18(2)29-22(14-27-25(29)34(31,32)17-19-7-5-10-21(26)13-19)15-28(16-23-11-6-12-33-23)24(30)20-8-3-4-9-20/h5,7,10,13-14,18,20,23H,3-4,6,8-9,11-12,15-17H2,1-2H3. The molecule has 0 N–H and O–H groups in total. The first-order chi connectivity index (χ1) is 16.2. The van der Waals surface area contributed by atoms with Gasteiger partial charge in [-0.25, -0.2) is 13.4 Å². The van der Waals surface area contributed by atoms with Gasteiger partial charge in [0.15, 0.2) is 0 Å². The minimum absolute atomic E-state index is 0.0304. The molecular weight excluding hydrogens is 474 g/mol. The maximum atomic E-state index is 13.4. The van der Waals surface area contributed by atoms with Gasteiger partial charge in [0.25, 0.3) is 0 Å². The molecule has 7 nitrogen and oxygen atoms in total. The van der Waals surface area contributed by atoms with Crippen LogP contribution in [0.15, 0.2) is 35.6 Å². The van der Waals surface area contributed by atoms with Crippen molar-refractivity contribution in [2.24, 2.45) is 5.92 Å². The Bertz CT molecular complexity index is 1100. The lowest BCUT2D eigenvalue weighted by molar-refractivity contribution is -0.137. The van der Waals surface area contributed by atoms with Gasteiger partial charge in [0.05, 0.1) is 30.3 Å². The molecule has 1 aromatic carbocycles. The monoisotopic (exact) mass is 507 g/mol. The number of sulfone groups is 1. The normalized spacial score (nSPS) is 19.2. The van der Waals surface area contributed by atoms with E-state index in [1.54, 1.807) is 35.0 Å². The number of halogens is 1. The van der Waals surface area contributed by atoms with Crippen LogP contribution in [-0.2, 0) is 31.7 Å². The number of hydrogen-bond donors (Lipinski definition) is 0. The summed E-state index contributed by atoms with van der Waals surface area (Å²) in [6, 6.07) is 6.73. The first-order valence-electron chi connectivity index (χ1n) is 12.2. The number of rotatable bonds is 9. The minimum Gasteiger partial charge on any atom is -0.376 e. The number of benzene rings is 1. The highest BCUT2D eigenvalue weighted by Crippen LogP contribution is 2.29. The Morgan fingerprint density at radius 1 is 1.24 bits per heavy atom. The van der Waals surface area contributed by atoms with Crippen LogP contribution in [0.25, 0.3) is 0 Å². The Morgan fingerprint density at radius 3 is 2.65 bits per heavy atom. The van der Waals surface area contributed by atoms with E-state index < -0.39 is 9.84 Å². The van der Waals surface area contributed by atoms with E-state index in [0.717, 1.165) is 50.8 Å². The largest absolute Gasteiger partial charge is 0.376 e. The summed E-state index contributed by atoms with van der Waals surface area (Å²) in [7, 11) is -3.71. The fraction of sp³-hybridized carbons (Fsp3) is 0.600. The van der Waals surface area contributed by atoms with Crippen LogP contribution in [0.5, 0.6) is 0 Å². The van der Waals surface area contributed by atoms with Crippen LogP contribution >= 0.6 is 11.6 Å². The Labute approximate surface area is 207 Å². The van der Waals surface area contributed by atoms with Gasteiger partial charge in [-0.2, -0.15) is 0 Å². The van der Waals surface area contributed by atoms with E-state index in [4.69, 9.17) is 16.3 Å². The lowest BCUT2D eigenvalue weighted by atomic mass is 10.1. The summed E-state index contributed by atoms with van der Waals surface area (Å²) in [5.74, 6) is 0.00729. The molecule has 1 saturated carbocycles. The molecule has 9 heteroatoms. The van der Waals surface area contributed by atoms with Gasteiger partial charge in [-0.05, 0) is 57.2 Å². The van der Waals surface area contributed by atoms with E-state index in [1.807, 2.05) is 18.7 Å². The van der Waals surface area contributed by atoms with Crippen LogP contribution in [-0.4, -0.2) is 48.0 Å². The number of nitrogens with zero attached hydrogens (tertiary/aromatic N) is 3. The number of carbonyl (C=O) groups is 1. The summed E-state index contributed by atoms with van der Waals surface area (Å²) < 4.78 is 34.2. The predicted octanol–water partition coefficient (Wildman–Crippen LogP) is 4.79. The summed E-state index contributed by atoms with van der Waals surface area (Å²) in [5.41, 5.74) is 1.34. The zero-order valence-electron chi connectivity index (χ0n) is 20.0. The van der Waals surface area contributed by atoms with E-state index in [9.17, 15) is 13.2 Å². The number of imidazole rings is 1. The van der Waals surface area contributed by atoms with Crippen molar-refractivity contribution in [1.29, 1.82) is 0 Å². The molecule has 0 spiro atoms. The molecule has 0 radical (unpaired) electrons. The smallest absolute Gasteiger partial charge is 0.228 e. The van der Waals surface area contributed by atoms with Gasteiger partial charge in [0.2, 0.25) is 20.9 Å².